The zero-order valence-electron chi connectivity index (χ0n) is 9.88. The van der Waals surface area contributed by atoms with E-state index in [1.165, 1.54) is 0 Å². The van der Waals surface area contributed by atoms with Gasteiger partial charge in [0.2, 0.25) is 0 Å². The largest absolute Gasteiger partial charge is 0.480 e. The summed E-state index contributed by atoms with van der Waals surface area (Å²) in [6.45, 7) is 7.93. The topological polar surface area (TPSA) is 78.4 Å². The van der Waals surface area contributed by atoms with E-state index in [1.54, 1.807) is 0 Å². The highest BCUT2D eigenvalue weighted by Gasteiger charge is 2.18. The van der Waals surface area contributed by atoms with Crippen molar-refractivity contribution in [3.63, 3.8) is 0 Å². The van der Waals surface area contributed by atoms with E-state index in [9.17, 15) is 9.59 Å². The van der Waals surface area contributed by atoms with Gasteiger partial charge in [-0.15, -0.1) is 0 Å². The van der Waals surface area contributed by atoms with Crippen LogP contribution in [-0.4, -0.2) is 29.7 Å². The molecule has 0 aliphatic rings. The van der Waals surface area contributed by atoms with Crippen LogP contribution in [0.1, 0.15) is 33.1 Å². The first-order chi connectivity index (χ1) is 7.51. The Hall–Kier alpha value is -1.52. The summed E-state index contributed by atoms with van der Waals surface area (Å²) in [4.78, 5) is 22.1. The Morgan fingerprint density at radius 1 is 1.38 bits per heavy atom. The molecule has 5 heteroatoms. The molecule has 0 aromatic carbocycles. The van der Waals surface area contributed by atoms with Gasteiger partial charge in [0.1, 0.15) is 6.04 Å². The van der Waals surface area contributed by atoms with Crippen LogP contribution in [0.15, 0.2) is 12.2 Å². The van der Waals surface area contributed by atoms with Gasteiger partial charge in [-0.25, -0.2) is 9.59 Å². The summed E-state index contributed by atoms with van der Waals surface area (Å²) < 4.78 is 0. The lowest BCUT2D eigenvalue weighted by Crippen LogP contribution is -2.46. The molecule has 0 aromatic rings. The van der Waals surface area contributed by atoms with E-state index in [2.05, 4.69) is 17.2 Å². The number of hydrogen-bond donors (Lipinski definition) is 3. The molecule has 0 radical (unpaired) electrons. The number of urea groups is 1. The molecule has 92 valence electrons. The minimum Gasteiger partial charge on any atom is -0.480 e. The predicted molar refractivity (Wildman–Crippen MR) is 62.3 cm³/mol. The first kappa shape index (κ1) is 14.5. The monoisotopic (exact) mass is 228 g/mol. The fraction of sp³-hybridized carbons (Fsp3) is 0.636. The average Bonchev–Trinajstić information content (AvgIpc) is 2.25. The van der Waals surface area contributed by atoms with Crippen molar-refractivity contribution in [1.82, 2.24) is 10.6 Å². The predicted octanol–water partition coefficient (Wildman–Crippen LogP) is 1.51. The summed E-state index contributed by atoms with van der Waals surface area (Å²) in [5.41, 5.74) is 0.900. The van der Waals surface area contributed by atoms with Crippen LogP contribution in [0.3, 0.4) is 0 Å². The number of carbonyl (C=O) groups is 2. The number of carbonyl (C=O) groups excluding carboxylic acids is 1. The SMILES string of the molecule is C=C(CC)CNC(=O)NC(CCC)C(=O)O. The Kier molecular flexibility index (Phi) is 7.00. The number of rotatable bonds is 7. The van der Waals surface area contributed by atoms with Crippen molar-refractivity contribution in [2.45, 2.75) is 39.2 Å². The lowest BCUT2D eigenvalue weighted by Gasteiger charge is -2.14. The zero-order chi connectivity index (χ0) is 12.6. The third-order valence-corrected chi connectivity index (χ3v) is 2.18. The van der Waals surface area contributed by atoms with Gasteiger partial charge in [-0.05, 0) is 12.8 Å². The number of carboxylic acid groups (broad SMARTS) is 1. The van der Waals surface area contributed by atoms with Crippen molar-refractivity contribution in [2.24, 2.45) is 0 Å². The van der Waals surface area contributed by atoms with Crippen LogP contribution in [-0.2, 0) is 4.79 Å². The number of hydrogen-bond acceptors (Lipinski definition) is 2. The Morgan fingerprint density at radius 2 is 2.00 bits per heavy atom. The molecule has 5 nitrogen and oxygen atoms in total. The molecule has 0 bridgehead atoms. The minimum absolute atomic E-state index is 0.376. The van der Waals surface area contributed by atoms with Crippen LogP contribution >= 0.6 is 0 Å². The lowest BCUT2D eigenvalue weighted by molar-refractivity contribution is -0.139. The molecule has 0 spiro atoms. The summed E-state index contributed by atoms with van der Waals surface area (Å²) in [5.74, 6) is -1.01. The van der Waals surface area contributed by atoms with Crippen LogP contribution in [0.4, 0.5) is 4.79 Å². The van der Waals surface area contributed by atoms with E-state index >= 15 is 0 Å². The molecule has 0 saturated heterocycles. The van der Waals surface area contributed by atoms with Gasteiger partial charge in [0.25, 0.3) is 0 Å². The van der Waals surface area contributed by atoms with E-state index in [-0.39, 0.29) is 0 Å². The fourth-order valence-corrected chi connectivity index (χ4v) is 1.09. The first-order valence-corrected chi connectivity index (χ1v) is 5.45. The molecule has 1 unspecified atom stereocenters. The molecule has 0 aliphatic heterocycles. The maximum absolute atomic E-state index is 11.3. The van der Waals surface area contributed by atoms with E-state index in [0.717, 1.165) is 12.0 Å². The highest BCUT2D eigenvalue weighted by atomic mass is 16.4. The first-order valence-electron chi connectivity index (χ1n) is 5.45. The van der Waals surface area contributed by atoms with E-state index in [4.69, 9.17) is 5.11 Å². The Bertz CT molecular complexity index is 264. The van der Waals surface area contributed by atoms with Crippen molar-refractivity contribution in [3.8, 4) is 0 Å². The summed E-state index contributed by atoms with van der Waals surface area (Å²) in [5, 5.41) is 13.8. The number of nitrogens with one attached hydrogen (secondary N) is 2. The maximum Gasteiger partial charge on any atom is 0.326 e. The summed E-state index contributed by atoms with van der Waals surface area (Å²) >= 11 is 0. The summed E-state index contributed by atoms with van der Waals surface area (Å²) in [7, 11) is 0. The molecular weight excluding hydrogens is 208 g/mol. The van der Waals surface area contributed by atoms with Crippen LogP contribution in [0.25, 0.3) is 0 Å². The van der Waals surface area contributed by atoms with E-state index in [1.807, 2.05) is 13.8 Å². The average molecular weight is 228 g/mol. The van der Waals surface area contributed by atoms with Crippen LogP contribution in [0, 0.1) is 0 Å². The van der Waals surface area contributed by atoms with Crippen LogP contribution in [0.5, 0.6) is 0 Å². The minimum atomic E-state index is -1.01. The second-order valence-corrected chi connectivity index (χ2v) is 3.61. The van der Waals surface area contributed by atoms with Gasteiger partial charge in [-0.1, -0.05) is 32.4 Å². The van der Waals surface area contributed by atoms with Crippen LogP contribution < -0.4 is 10.6 Å². The van der Waals surface area contributed by atoms with E-state index in [0.29, 0.717) is 19.4 Å². The second-order valence-electron chi connectivity index (χ2n) is 3.61. The highest BCUT2D eigenvalue weighted by Crippen LogP contribution is 1.97. The van der Waals surface area contributed by atoms with Crippen molar-refractivity contribution in [2.75, 3.05) is 6.54 Å². The van der Waals surface area contributed by atoms with Gasteiger partial charge in [-0.3, -0.25) is 0 Å². The van der Waals surface area contributed by atoms with Crippen molar-refractivity contribution in [1.29, 1.82) is 0 Å². The Balaban J connectivity index is 4.00. The van der Waals surface area contributed by atoms with E-state index < -0.39 is 18.0 Å². The molecule has 0 saturated carbocycles. The standard InChI is InChI=1S/C11H20N2O3/c1-4-6-9(10(14)15)13-11(16)12-7-8(3)5-2/h9H,3-7H2,1-2H3,(H,14,15)(H2,12,13,16). The molecule has 0 fully saturated rings. The van der Waals surface area contributed by atoms with Crippen molar-refractivity contribution < 1.29 is 14.7 Å². The Labute approximate surface area is 95.9 Å². The molecule has 1 atom stereocenters. The normalized spacial score (nSPS) is 11.6. The van der Waals surface area contributed by atoms with Gasteiger partial charge < -0.3 is 15.7 Å². The second kappa shape index (κ2) is 7.73. The third kappa shape index (κ3) is 6.06. The quantitative estimate of drug-likeness (QED) is 0.578. The molecule has 0 aromatic heterocycles. The van der Waals surface area contributed by atoms with Gasteiger partial charge in [-0.2, -0.15) is 0 Å². The lowest BCUT2D eigenvalue weighted by atomic mass is 10.2. The van der Waals surface area contributed by atoms with Gasteiger partial charge >= 0.3 is 12.0 Å². The third-order valence-electron chi connectivity index (χ3n) is 2.18. The number of amides is 2. The molecule has 16 heavy (non-hydrogen) atoms. The zero-order valence-corrected chi connectivity index (χ0v) is 9.88. The fourth-order valence-electron chi connectivity index (χ4n) is 1.09. The summed E-state index contributed by atoms with van der Waals surface area (Å²) in [6.07, 6.45) is 1.92. The molecule has 0 heterocycles. The van der Waals surface area contributed by atoms with Gasteiger partial charge in [0.05, 0.1) is 0 Å². The number of aliphatic carboxylic acids is 1. The van der Waals surface area contributed by atoms with Crippen LogP contribution in [0.2, 0.25) is 0 Å². The molecule has 0 rings (SSSR count). The van der Waals surface area contributed by atoms with Crippen molar-refractivity contribution in [3.05, 3.63) is 12.2 Å². The van der Waals surface area contributed by atoms with Gasteiger partial charge in [0, 0.05) is 6.54 Å². The highest BCUT2D eigenvalue weighted by molar-refractivity contribution is 5.82. The number of carboxylic acids is 1. The smallest absolute Gasteiger partial charge is 0.326 e. The maximum atomic E-state index is 11.3. The van der Waals surface area contributed by atoms with Crippen molar-refractivity contribution >= 4 is 12.0 Å². The molecular formula is C11H20N2O3. The molecule has 3 N–H and O–H groups in total. The molecule has 0 aliphatic carbocycles. The molecule has 2 amide bonds. The van der Waals surface area contributed by atoms with Gasteiger partial charge in [0.15, 0.2) is 0 Å². The Morgan fingerprint density at radius 3 is 2.44 bits per heavy atom. The summed E-state index contributed by atoms with van der Waals surface area (Å²) in [6, 6.07) is -1.28.